The first kappa shape index (κ1) is 14.8. The number of nitrogens with one attached hydrogen (secondary N) is 1. The highest BCUT2D eigenvalue weighted by atomic mass is 16.5. The van der Waals surface area contributed by atoms with Crippen LogP contribution < -0.4 is 5.32 Å². The Bertz CT molecular complexity index is 488. The van der Waals surface area contributed by atoms with Gasteiger partial charge in [-0.3, -0.25) is 0 Å². The molecule has 2 rings (SSSR count). The van der Waals surface area contributed by atoms with E-state index in [1.807, 2.05) is 26.0 Å². The lowest BCUT2D eigenvalue weighted by molar-refractivity contribution is 0.0657. The van der Waals surface area contributed by atoms with E-state index in [1.54, 1.807) is 6.26 Å². The van der Waals surface area contributed by atoms with Crippen molar-refractivity contribution in [2.24, 2.45) is 0 Å². The first-order chi connectivity index (χ1) is 9.65. The Kier molecular flexibility index (Phi) is 5.39. The molecule has 3 nitrogen and oxygen atoms in total. The van der Waals surface area contributed by atoms with Gasteiger partial charge in [-0.15, -0.1) is 0 Å². The molecule has 1 atom stereocenters. The molecule has 0 unspecified atom stereocenters. The van der Waals surface area contributed by atoms with Gasteiger partial charge in [0, 0.05) is 6.54 Å². The van der Waals surface area contributed by atoms with Crippen LogP contribution in [0.5, 0.6) is 0 Å². The average molecular weight is 273 g/mol. The summed E-state index contributed by atoms with van der Waals surface area (Å²) < 4.78 is 11.0. The van der Waals surface area contributed by atoms with Crippen LogP contribution in [-0.4, -0.2) is 6.10 Å². The molecule has 0 spiro atoms. The van der Waals surface area contributed by atoms with Gasteiger partial charge in [0.05, 0.1) is 25.0 Å². The summed E-state index contributed by atoms with van der Waals surface area (Å²) in [6.45, 7) is 7.70. The molecule has 3 heteroatoms. The fourth-order valence-corrected chi connectivity index (χ4v) is 1.93. The number of hydrogen-bond donors (Lipinski definition) is 1. The second-order valence-corrected chi connectivity index (χ2v) is 5.29. The molecule has 0 fully saturated rings. The Morgan fingerprint density at radius 3 is 2.35 bits per heavy atom. The zero-order valence-electron chi connectivity index (χ0n) is 12.4. The predicted molar refractivity (Wildman–Crippen MR) is 80.3 cm³/mol. The molecular weight excluding hydrogens is 250 g/mol. The molecule has 0 aliphatic heterocycles. The highest BCUT2D eigenvalue weighted by molar-refractivity contribution is 5.22. The molecule has 0 bridgehead atoms. The zero-order valence-corrected chi connectivity index (χ0v) is 12.4. The SMILES string of the molecule is CC(C)OCc1ccc(CN[C@@H](C)c2ccco2)cc1. The fraction of sp³-hybridized carbons (Fsp3) is 0.412. The van der Waals surface area contributed by atoms with Crippen LogP contribution in [-0.2, 0) is 17.9 Å². The molecule has 0 radical (unpaired) electrons. The minimum Gasteiger partial charge on any atom is -0.468 e. The third kappa shape index (κ3) is 4.51. The van der Waals surface area contributed by atoms with E-state index < -0.39 is 0 Å². The first-order valence-electron chi connectivity index (χ1n) is 7.11. The van der Waals surface area contributed by atoms with Crippen molar-refractivity contribution in [1.29, 1.82) is 0 Å². The Balaban J connectivity index is 1.81. The maximum atomic E-state index is 5.59. The molecule has 0 saturated carbocycles. The van der Waals surface area contributed by atoms with Crippen LogP contribution in [0.4, 0.5) is 0 Å². The van der Waals surface area contributed by atoms with Gasteiger partial charge in [0.25, 0.3) is 0 Å². The van der Waals surface area contributed by atoms with Crippen molar-refractivity contribution < 1.29 is 9.15 Å². The normalized spacial score (nSPS) is 12.8. The van der Waals surface area contributed by atoms with Crippen LogP contribution in [0, 0.1) is 0 Å². The monoisotopic (exact) mass is 273 g/mol. The summed E-state index contributed by atoms with van der Waals surface area (Å²) in [5.74, 6) is 0.965. The molecule has 0 aliphatic carbocycles. The molecule has 20 heavy (non-hydrogen) atoms. The highest BCUT2D eigenvalue weighted by Gasteiger charge is 2.07. The van der Waals surface area contributed by atoms with Gasteiger partial charge in [-0.2, -0.15) is 0 Å². The molecule has 1 aromatic carbocycles. The third-order valence-corrected chi connectivity index (χ3v) is 3.19. The van der Waals surface area contributed by atoms with Crippen LogP contribution in [0.15, 0.2) is 47.1 Å². The smallest absolute Gasteiger partial charge is 0.120 e. The molecule has 108 valence electrons. The highest BCUT2D eigenvalue weighted by Crippen LogP contribution is 2.13. The number of furan rings is 1. The van der Waals surface area contributed by atoms with Gasteiger partial charge in [0.2, 0.25) is 0 Å². The summed E-state index contributed by atoms with van der Waals surface area (Å²) in [6, 6.07) is 12.6. The average Bonchev–Trinajstić information content (AvgIpc) is 2.98. The quantitative estimate of drug-likeness (QED) is 0.826. The molecular formula is C17H23NO2. The van der Waals surface area contributed by atoms with E-state index in [2.05, 4.69) is 36.5 Å². The van der Waals surface area contributed by atoms with Gasteiger partial charge in [0.15, 0.2) is 0 Å². The van der Waals surface area contributed by atoms with Crippen molar-refractivity contribution >= 4 is 0 Å². The largest absolute Gasteiger partial charge is 0.468 e. The lowest BCUT2D eigenvalue weighted by atomic mass is 10.1. The summed E-state index contributed by atoms with van der Waals surface area (Å²) in [5, 5.41) is 3.45. The fourth-order valence-electron chi connectivity index (χ4n) is 1.93. The molecule has 1 aromatic heterocycles. The van der Waals surface area contributed by atoms with Crippen molar-refractivity contribution in [2.75, 3.05) is 0 Å². The zero-order chi connectivity index (χ0) is 14.4. The minimum absolute atomic E-state index is 0.217. The maximum absolute atomic E-state index is 5.59. The standard InChI is InChI=1S/C17H23NO2/c1-13(2)20-12-16-8-6-15(7-9-16)11-18-14(3)17-5-4-10-19-17/h4-10,13-14,18H,11-12H2,1-3H3/t14-/m0/s1. The number of rotatable bonds is 7. The van der Waals surface area contributed by atoms with Gasteiger partial charge in [-0.05, 0) is 44.0 Å². The van der Waals surface area contributed by atoms with Crippen molar-refractivity contribution in [3.05, 3.63) is 59.5 Å². The van der Waals surface area contributed by atoms with Crippen LogP contribution in [0.3, 0.4) is 0 Å². The van der Waals surface area contributed by atoms with E-state index in [-0.39, 0.29) is 12.1 Å². The Morgan fingerprint density at radius 2 is 1.75 bits per heavy atom. The van der Waals surface area contributed by atoms with Gasteiger partial charge in [0.1, 0.15) is 5.76 Å². The van der Waals surface area contributed by atoms with Crippen LogP contribution in [0.1, 0.15) is 43.7 Å². The topological polar surface area (TPSA) is 34.4 Å². The number of hydrogen-bond acceptors (Lipinski definition) is 3. The summed E-state index contributed by atoms with van der Waals surface area (Å²) in [4.78, 5) is 0. The van der Waals surface area contributed by atoms with E-state index in [0.717, 1.165) is 12.3 Å². The number of benzene rings is 1. The molecule has 0 aliphatic rings. The number of ether oxygens (including phenoxy) is 1. The van der Waals surface area contributed by atoms with E-state index in [9.17, 15) is 0 Å². The molecule has 2 aromatic rings. The van der Waals surface area contributed by atoms with Crippen molar-refractivity contribution in [2.45, 2.75) is 46.1 Å². The summed E-state index contributed by atoms with van der Waals surface area (Å²) in [7, 11) is 0. The van der Waals surface area contributed by atoms with Gasteiger partial charge < -0.3 is 14.5 Å². The van der Waals surface area contributed by atoms with Crippen LogP contribution >= 0.6 is 0 Å². The summed E-state index contributed by atoms with van der Waals surface area (Å²) in [5.41, 5.74) is 2.47. The molecule has 0 amide bonds. The maximum Gasteiger partial charge on any atom is 0.120 e. The second kappa shape index (κ2) is 7.27. The molecule has 0 saturated heterocycles. The summed E-state index contributed by atoms with van der Waals surface area (Å²) in [6.07, 6.45) is 1.97. The Hall–Kier alpha value is -1.58. The van der Waals surface area contributed by atoms with Crippen molar-refractivity contribution in [1.82, 2.24) is 5.32 Å². The minimum atomic E-state index is 0.217. The first-order valence-corrected chi connectivity index (χ1v) is 7.11. The predicted octanol–water partition coefficient (Wildman–Crippen LogP) is 4.06. The van der Waals surface area contributed by atoms with Gasteiger partial charge in [-0.25, -0.2) is 0 Å². The second-order valence-electron chi connectivity index (χ2n) is 5.29. The van der Waals surface area contributed by atoms with Crippen LogP contribution in [0.25, 0.3) is 0 Å². The van der Waals surface area contributed by atoms with E-state index in [1.165, 1.54) is 11.1 Å². The lowest BCUT2D eigenvalue weighted by Crippen LogP contribution is -2.17. The van der Waals surface area contributed by atoms with E-state index in [4.69, 9.17) is 9.15 Å². The molecule has 1 N–H and O–H groups in total. The Labute approximate surface area is 121 Å². The summed E-state index contributed by atoms with van der Waals surface area (Å²) >= 11 is 0. The van der Waals surface area contributed by atoms with Crippen molar-refractivity contribution in [3.8, 4) is 0 Å². The van der Waals surface area contributed by atoms with Gasteiger partial charge in [-0.1, -0.05) is 24.3 Å². The van der Waals surface area contributed by atoms with E-state index >= 15 is 0 Å². The van der Waals surface area contributed by atoms with E-state index in [0.29, 0.717) is 6.61 Å². The lowest BCUT2D eigenvalue weighted by Gasteiger charge is -2.12. The molecule has 1 heterocycles. The van der Waals surface area contributed by atoms with Crippen LogP contribution in [0.2, 0.25) is 0 Å². The van der Waals surface area contributed by atoms with Crippen molar-refractivity contribution in [3.63, 3.8) is 0 Å². The Morgan fingerprint density at radius 1 is 1.05 bits per heavy atom. The third-order valence-electron chi connectivity index (χ3n) is 3.19. The van der Waals surface area contributed by atoms with Gasteiger partial charge >= 0.3 is 0 Å².